The molecule has 4 aromatic rings. The molecular formula is C45H51FN5O8PS. The first-order valence-corrected chi connectivity index (χ1v) is 23.4. The van der Waals surface area contributed by atoms with Crippen LogP contribution in [-0.4, -0.2) is 88.6 Å². The van der Waals surface area contributed by atoms with Crippen molar-refractivity contribution < 1.29 is 42.5 Å². The summed E-state index contributed by atoms with van der Waals surface area (Å²) in [5.74, 6) is -4.68. The number of nitriles is 1. The molecule has 3 fully saturated rings. The topological polar surface area (TPSA) is 178 Å². The number of amides is 3. The Morgan fingerprint density at radius 1 is 1.02 bits per heavy atom. The van der Waals surface area contributed by atoms with E-state index in [1.54, 1.807) is 35.2 Å². The van der Waals surface area contributed by atoms with Crippen molar-refractivity contribution in [2.75, 3.05) is 19.7 Å². The molecule has 322 valence electrons. The number of carbonyl (C=O) groups excluding carboxylic acids is 4. The number of benzene rings is 3. The number of aliphatic hydroxyl groups is 1. The van der Waals surface area contributed by atoms with Gasteiger partial charge in [-0.2, -0.15) is 5.26 Å². The first-order valence-electron chi connectivity index (χ1n) is 20.9. The van der Waals surface area contributed by atoms with Gasteiger partial charge in [0.05, 0.1) is 35.6 Å². The van der Waals surface area contributed by atoms with Crippen LogP contribution in [0.25, 0.3) is 10.1 Å². The molecule has 4 heterocycles. The van der Waals surface area contributed by atoms with E-state index >= 15 is 4.39 Å². The Hall–Kier alpha value is -5.13. The van der Waals surface area contributed by atoms with Crippen LogP contribution in [0.2, 0.25) is 0 Å². The SMILES string of the molecule is CCCOC(=O)[C@H](C)NP(=O)(Oc1ccccc1)C(F)c1ccc2sc(C(=O)N[C@H]3CCCCC[C@H]4[C@H](O)C[C@@H](C(=O)N5CC(C#N)[C@H](c6ccccc6)C5)N4C3=O)cc2c1. The number of fused-ring (bicyclic) bond motifs is 2. The van der Waals surface area contributed by atoms with Crippen LogP contribution in [0.5, 0.6) is 5.75 Å². The predicted octanol–water partition coefficient (Wildman–Crippen LogP) is 7.23. The Balaban J connectivity index is 1.09. The Morgan fingerprint density at radius 2 is 1.74 bits per heavy atom. The number of hydrogen-bond acceptors (Lipinski definition) is 10. The second kappa shape index (κ2) is 19.3. The Bertz CT molecular complexity index is 2310. The van der Waals surface area contributed by atoms with Gasteiger partial charge in [0.2, 0.25) is 17.7 Å². The number of alkyl halides is 1. The first-order chi connectivity index (χ1) is 29.4. The van der Waals surface area contributed by atoms with E-state index in [1.807, 2.05) is 37.3 Å². The van der Waals surface area contributed by atoms with Gasteiger partial charge < -0.3 is 29.5 Å². The third kappa shape index (κ3) is 9.68. The lowest BCUT2D eigenvalue weighted by atomic mass is 9.90. The summed E-state index contributed by atoms with van der Waals surface area (Å²) in [7, 11) is -4.48. The molecule has 3 unspecified atom stereocenters. The fourth-order valence-corrected chi connectivity index (χ4v) is 11.5. The fraction of sp³-hybridized carbons (Fsp3) is 0.444. The zero-order valence-electron chi connectivity index (χ0n) is 34.2. The van der Waals surface area contributed by atoms with Gasteiger partial charge in [0.25, 0.3) is 5.91 Å². The number of carbonyl (C=O) groups is 4. The van der Waals surface area contributed by atoms with Crippen molar-refractivity contribution in [3.8, 4) is 11.8 Å². The summed E-state index contributed by atoms with van der Waals surface area (Å²) >= 11 is 1.14. The lowest BCUT2D eigenvalue weighted by Gasteiger charge is -2.34. The highest BCUT2D eigenvalue weighted by atomic mass is 32.1. The Labute approximate surface area is 358 Å². The number of nitrogens with one attached hydrogen (secondary N) is 2. The average Bonchev–Trinajstić information content (AvgIpc) is 4.00. The van der Waals surface area contributed by atoms with E-state index in [4.69, 9.17) is 9.26 Å². The summed E-state index contributed by atoms with van der Waals surface area (Å²) in [5.41, 5.74) is 0.954. The van der Waals surface area contributed by atoms with Crippen LogP contribution in [0, 0.1) is 17.2 Å². The van der Waals surface area contributed by atoms with Gasteiger partial charge in [-0.1, -0.05) is 80.8 Å². The first kappa shape index (κ1) is 43.9. The number of ether oxygens (including phenoxy) is 1. The average molecular weight is 872 g/mol. The van der Waals surface area contributed by atoms with Gasteiger partial charge in [-0.05, 0) is 73.0 Å². The molecule has 3 saturated heterocycles. The van der Waals surface area contributed by atoms with Gasteiger partial charge in [-0.25, -0.2) is 9.48 Å². The van der Waals surface area contributed by atoms with Crippen LogP contribution in [0.1, 0.15) is 91.4 Å². The number of esters is 1. The van der Waals surface area contributed by atoms with Crippen molar-refractivity contribution in [3.05, 3.63) is 101 Å². The minimum Gasteiger partial charge on any atom is -0.465 e. The second-order valence-electron chi connectivity index (χ2n) is 16.1. The molecule has 3 amide bonds. The molecule has 3 aliphatic heterocycles. The van der Waals surface area contributed by atoms with E-state index < -0.39 is 67.4 Å². The van der Waals surface area contributed by atoms with Crippen LogP contribution in [0.4, 0.5) is 4.39 Å². The minimum absolute atomic E-state index is 0.00637. The molecule has 3 aliphatic rings. The molecule has 7 rings (SSSR count). The molecule has 13 nitrogen and oxygen atoms in total. The fourth-order valence-electron chi connectivity index (χ4n) is 8.64. The van der Waals surface area contributed by atoms with E-state index in [1.165, 1.54) is 36.1 Å². The lowest BCUT2D eigenvalue weighted by Crippen LogP contribution is -2.56. The molecule has 0 bridgehead atoms. The molecule has 3 N–H and O–H groups in total. The maximum atomic E-state index is 16.6. The molecule has 0 saturated carbocycles. The number of nitrogens with zero attached hydrogens (tertiary/aromatic N) is 3. The van der Waals surface area contributed by atoms with Gasteiger partial charge in [0.15, 0.2) is 0 Å². The van der Waals surface area contributed by atoms with Crippen LogP contribution < -0.4 is 14.9 Å². The zero-order valence-corrected chi connectivity index (χ0v) is 35.9. The predicted molar refractivity (Wildman–Crippen MR) is 228 cm³/mol. The normalized spacial score (nSPS) is 24.9. The number of likely N-dealkylation sites (tertiary alicyclic amines) is 1. The van der Waals surface area contributed by atoms with Crippen molar-refractivity contribution in [2.24, 2.45) is 5.92 Å². The summed E-state index contributed by atoms with van der Waals surface area (Å²) in [6, 6.07) is 22.4. The van der Waals surface area contributed by atoms with Crippen LogP contribution in [-0.2, 0) is 23.7 Å². The minimum atomic E-state index is -4.48. The number of rotatable bonds is 13. The Morgan fingerprint density at radius 3 is 2.46 bits per heavy atom. The highest BCUT2D eigenvalue weighted by Gasteiger charge is 2.51. The largest absolute Gasteiger partial charge is 0.465 e. The van der Waals surface area contributed by atoms with Crippen LogP contribution in [0.15, 0.2) is 84.9 Å². The highest BCUT2D eigenvalue weighted by Crippen LogP contribution is 2.58. The smallest absolute Gasteiger partial charge is 0.355 e. The second-order valence-corrected chi connectivity index (χ2v) is 19.2. The van der Waals surface area contributed by atoms with Crippen LogP contribution in [0.3, 0.4) is 0 Å². The quantitative estimate of drug-likeness (QED) is 0.0917. The van der Waals surface area contributed by atoms with Gasteiger partial charge >= 0.3 is 13.5 Å². The Kier molecular flexibility index (Phi) is 13.9. The van der Waals surface area contributed by atoms with Gasteiger partial charge in [0, 0.05) is 30.1 Å². The van der Waals surface area contributed by atoms with Gasteiger partial charge in [0.1, 0.15) is 23.9 Å². The molecule has 0 aliphatic carbocycles. The maximum Gasteiger partial charge on any atom is 0.355 e. The number of aliphatic hydroxyl groups excluding tert-OH is 1. The van der Waals surface area contributed by atoms with Crippen LogP contribution >= 0.6 is 18.9 Å². The maximum absolute atomic E-state index is 16.6. The summed E-state index contributed by atoms with van der Waals surface area (Å²) < 4.78 is 42.5. The molecule has 16 heteroatoms. The van der Waals surface area contributed by atoms with E-state index in [2.05, 4.69) is 16.5 Å². The zero-order chi connectivity index (χ0) is 43.3. The summed E-state index contributed by atoms with van der Waals surface area (Å²) in [4.78, 5) is 58.7. The molecular weight excluding hydrogens is 821 g/mol. The lowest BCUT2D eigenvalue weighted by molar-refractivity contribution is -0.146. The number of para-hydroxylation sites is 1. The summed E-state index contributed by atoms with van der Waals surface area (Å²) in [6.07, 6.45) is 2.70. The summed E-state index contributed by atoms with van der Waals surface area (Å²) in [5, 5.41) is 27.2. The van der Waals surface area contributed by atoms with Crippen molar-refractivity contribution in [2.45, 2.75) is 101 Å². The van der Waals surface area contributed by atoms with E-state index in [9.17, 15) is 34.1 Å². The number of halogens is 1. The molecule has 61 heavy (non-hydrogen) atoms. The molecule has 3 aromatic carbocycles. The van der Waals surface area contributed by atoms with Crippen molar-refractivity contribution >= 4 is 52.6 Å². The molecule has 9 atom stereocenters. The van der Waals surface area contributed by atoms with Gasteiger partial charge in [-0.3, -0.25) is 23.7 Å². The van der Waals surface area contributed by atoms with E-state index in [0.29, 0.717) is 42.3 Å². The van der Waals surface area contributed by atoms with E-state index in [0.717, 1.165) is 29.7 Å². The highest BCUT2D eigenvalue weighted by molar-refractivity contribution is 7.57. The van der Waals surface area contributed by atoms with Crippen molar-refractivity contribution in [1.29, 1.82) is 5.26 Å². The number of hydrogen-bond donors (Lipinski definition) is 3. The van der Waals surface area contributed by atoms with Crippen molar-refractivity contribution in [3.63, 3.8) is 0 Å². The molecule has 1 aromatic heterocycles. The standard InChI is InChI=1S/C45H51FN5O8PS/c1-3-21-58-45(56)28(2)49-60(57,59-33-15-9-5-10-16-33)41(46)30-19-20-39-31(22-30)23-40(61-39)42(53)48-35-17-11-6-12-18-36-38(52)24-37(51(36)43(35)54)44(55)50-26-32(25-47)34(27-50)29-13-7-4-8-14-29/h4-5,7-10,13-16,19-20,22-23,28,32,34-38,41,52H,3,6,11-12,17-18,21,24,26-27H2,1-2H3,(H,48,53)(H,49,57)/t28-,32?,34-,35-,36-,37-,38+,41?,60?/m0/s1. The monoisotopic (exact) mass is 871 g/mol. The van der Waals surface area contributed by atoms with Gasteiger partial charge in [-0.15, -0.1) is 11.3 Å². The summed E-state index contributed by atoms with van der Waals surface area (Å²) in [6.45, 7) is 3.93. The third-order valence-corrected chi connectivity index (χ3v) is 15.0. The van der Waals surface area contributed by atoms with Crippen molar-refractivity contribution in [1.82, 2.24) is 20.2 Å². The molecule has 0 radical (unpaired) electrons. The number of thiophene rings is 1. The third-order valence-electron chi connectivity index (χ3n) is 11.8. The molecule has 0 spiro atoms. The van der Waals surface area contributed by atoms with E-state index in [-0.39, 0.29) is 47.6 Å².